The molecule has 0 aliphatic carbocycles. The molecule has 0 rings (SSSR count). The molecular formula is C51H111O4P3. The molecule has 0 saturated heterocycles. The van der Waals surface area contributed by atoms with Crippen molar-refractivity contribution in [3.63, 3.8) is 0 Å². The Morgan fingerprint density at radius 1 is 0.293 bits per heavy atom. The van der Waals surface area contributed by atoms with Crippen LogP contribution in [0.5, 0.6) is 0 Å². The van der Waals surface area contributed by atoms with Gasteiger partial charge in [-0.3, -0.25) is 0 Å². The van der Waals surface area contributed by atoms with Gasteiger partial charge in [0.15, 0.2) is 0 Å². The maximum absolute atomic E-state index is 9.64. The first-order chi connectivity index (χ1) is 28.0. The first kappa shape index (κ1) is 63.3. The highest BCUT2D eigenvalue weighted by Gasteiger charge is 2.36. The summed E-state index contributed by atoms with van der Waals surface area (Å²) in [6, 6.07) is 0. The lowest BCUT2D eigenvalue weighted by atomic mass is 10.2. The molecule has 0 aromatic rings. The SMILES string of the molecule is CCCCCC[P+](CCCCCC)(CCCCCC)CCCCCC.CCCCCC[P+](CCCCCC)(CCCCCC)CCCCCC.CCCOP(=O)([O-])[O-]. The highest BCUT2D eigenvalue weighted by Crippen LogP contribution is 2.62. The zero-order chi connectivity index (χ0) is 43.9. The molecular weight excluding hydrogens is 769 g/mol. The Kier molecular flexibility index (Phi) is 53.4. The average Bonchev–Trinajstić information content (AvgIpc) is 3.21. The van der Waals surface area contributed by atoms with Crippen LogP contribution in [-0.2, 0) is 9.09 Å². The quantitative estimate of drug-likeness (QED) is 0.0452. The van der Waals surface area contributed by atoms with Crippen LogP contribution >= 0.6 is 22.3 Å². The average molecular weight is 881 g/mol. The van der Waals surface area contributed by atoms with Gasteiger partial charge in [0.1, 0.15) is 0 Å². The first-order valence-electron chi connectivity index (χ1n) is 26.4. The summed E-state index contributed by atoms with van der Waals surface area (Å²) < 4.78 is 13.5. The highest BCUT2D eigenvalue weighted by atomic mass is 31.2. The number of phosphoric ester groups is 1. The lowest BCUT2D eigenvalue weighted by Crippen LogP contribution is -2.16. The van der Waals surface area contributed by atoms with E-state index in [2.05, 4.69) is 59.9 Å². The molecule has 58 heavy (non-hydrogen) atoms. The van der Waals surface area contributed by atoms with Gasteiger partial charge < -0.3 is 18.9 Å². The predicted molar refractivity (Wildman–Crippen MR) is 270 cm³/mol. The molecule has 0 unspecified atom stereocenters. The second-order valence-electron chi connectivity index (χ2n) is 18.2. The Labute approximate surface area is 369 Å². The highest BCUT2D eigenvalue weighted by molar-refractivity contribution is 7.76. The van der Waals surface area contributed by atoms with Crippen LogP contribution in [-0.4, -0.2) is 55.9 Å². The number of phosphoric acid groups is 1. The van der Waals surface area contributed by atoms with Crippen molar-refractivity contribution in [1.29, 1.82) is 0 Å². The van der Waals surface area contributed by atoms with Gasteiger partial charge in [-0.05, 0) is 109 Å². The molecule has 0 radical (unpaired) electrons. The van der Waals surface area contributed by atoms with E-state index in [0.29, 0.717) is 6.42 Å². The zero-order valence-corrected chi connectivity index (χ0v) is 44.4. The van der Waals surface area contributed by atoms with E-state index >= 15 is 0 Å². The van der Waals surface area contributed by atoms with E-state index in [4.69, 9.17) is 0 Å². The Hall–Kier alpha value is 0.970. The fraction of sp³-hybridized carbons (Fsp3) is 1.00. The minimum atomic E-state index is -4.68. The van der Waals surface area contributed by atoms with Crippen LogP contribution < -0.4 is 9.79 Å². The van der Waals surface area contributed by atoms with Crippen LogP contribution in [0, 0.1) is 0 Å². The van der Waals surface area contributed by atoms with Gasteiger partial charge in [0, 0.05) is 14.5 Å². The molecule has 0 N–H and O–H groups in total. The second kappa shape index (κ2) is 49.0. The van der Waals surface area contributed by atoms with Gasteiger partial charge in [-0.25, -0.2) is 0 Å². The van der Waals surface area contributed by atoms with Crippen LogP contribution in [0.3, 0.4) is 0 Å². The van der Waals surface area contributed by atoms with Crippen molar-refractivity contribution >= 4 is 22.3 Å². The van der Waals surface area contributed by atoms with E-state index in [1.54, 1.807) is 56.2 Å². The Morgan fingerprint density at radius 2 is 0.466 bits per heavy atom. The van der Waals surface area contributed by atoms with Crippen molar-refractivity contribution in [2.45, 2.75) is 274 Å². The van der Waals surface area contributed by atoms with E-state index < -0.39 is 22.3 Å². The zero-order valence-electron chi connectivity index (χ0n) is 41.7. The van der Waals surface area contributed by atoms with Gasteiger partial charge in [-0.1, -0.05) is 165 Å². The van der Waals surface area contributed by atoms with Crippen molar-refractivity contribution in [2.75, 3.05) is 55.9 Å². The molecule has 0 aromatic carbocycles. The monoisotopic (exact) mass is 881 g/mol. The molecule has 0 amide bonds. The molecule has 0 bridgehead atoms. The minimum Gasteiger partial charge on any atom is -0.790 e. The maximum atomic E-state index is 9.64. The summed E-state index contributed by atoms with van der Waals surface area (Å²) in [6.45, 7) is 20.5. The van der Waals surface area contributed by atoms with Crippen molar-refractivity contribution in [3.05, 3.63) is 0 Å². The number of hydrogen-bond acceptors (Lipinski definition) is 4. The van der Waals surface area contributed by atoms with Gasteiger partial charge in [-0.2, -0.15) is 0 Å². The fourth-order valence-electron chi connectivity index (χ4n) is 8.54. The molecule has 7 heteroatoms. The van der Waals surface area contributed by atoms with Crippen LogP contribution in [0.4, 0.5) is 0 Å². The maximum Gasteiger partial charge on any atom is 0.0596 e. The van der Waals surface area contributed by atoms with Gasteiger partial charge in [0.05, 0.1) is 63.7 Å². The summed E-state index contributed by atoms with van der Waals surface area (Å²) in [7, 11) is -6.00. The topological polar surface area (TPSA) is 72.4 Å². The molecule has 0 spiro atoms. The molecule has 0 aromatic heterocycles. The minimum absolute atomic E-state index is 0.00965. The third-order valence-electron chi connectivity index (χ3n) is 12.3. The van der Waals surface area contributed by atoms with E-state index in [9.17, 15) is 14.4 Å². The molecule has 0 fully saturated rings. The molecule has 0 saturated carbocycles. The predicted octanol–water partition coefficient (Wildman–Crippen LogP) is 17.9. The fourth-order valence-corrected chi connectivity index (χ4v) is 18.8. The Morgan fingerprint density at radius 3 is 0.569 bits per heavy atom. The third kappa shape index (κ3) is 46.5. The molecule has 0 aliphatic heterocycles. The Bertz CT molecular complexity index is 646. The van der Waals surface area contributed by atoms with Crippen molar-refractivity contribution in [2.24, 2.45) is 0 Å². The van der Waals surface area contributed by atoms with Crippen LogP contribution in [0.25, 0.3) is 0 Å². The van der Waals surface area contributed by atoms with E-state index in [1.165, 1.54) is 205 Å². The standard InChI is InChI=1S/2C24H52P.C3H9O4P/c2*1-5-9-13-17-21-25(22-18-14-10-6-2,23-19-15-11-7-3)24-20-16-12-8-4;1-2-3-7-8(4,5)6/h2*5-24H2,1-4H3;2-3H2,1H3,(H2,4,5,6)/q2*+1;/p-2. The van der Waals surface area contributed by atoms with Crippen LogP contribution in [0.2, 0.25) is 0 Å². The second-order valence-corrected chi connectivity index (χ2v) is 28.3. The lowest BCUT2D eigenvalue weighted by Gasteiger charge is -2.28. The van der Waals surface area contributed by atoms with E-state index in [0.717, 1.165) is 0 Å². The molecule has 0 atom stereocenters. The van der Waals surface area contributed by atoms with E-state index in [-0.39, 0.29) is 6.61 Å². The largest absolute Gasteiger partial charge is 0.790 e. The molecule has 4 nitrogen and oxygen atoms in total. The van der Waals surface area contributed by atoms with Crippen molar-refractivity contribution < 1.29 is 18.9 Å². The number of hydrogen-bond donors (Lipinski definition) is 0. The number of rotatable bonds is 43. The molecule has 0 heterocycles. The summed E-state index contributed by atoms with van der Waals surface area (Å²) in [4.78, 5) is 19.3. The molecule has 0 aliphatic rings. The first-order valence-corrected chi connectivity index (χ1v) is 32.9. The summed E-state index contributed by atoms with van der Waals surface area (Å²) in [5, 5.41) is 0. The normalized spacial score (nSPS) is 12.0. The van der Waals surface area contributed by atoms with Crippen molar-refractivity contribution in [3.8, 4) is 0 Å². The van der Waals surface area contributed by atoms with Gasteiger partial charge in [-0.15, -0.1) is 0 Å². The van der Waals surface area contributed by atoms with Gasteiger partial charge >= 0.3 is 0 Å². The van der Waals surface area contributed by atoms with E-state index in [1.807, 2.05) is 0 Å². The van der Waals surface area contributed by atoms with Crippen LogP contribution in [0.15, 0.2) is 0 Å². The van der Waals surface area contributed by atoms with Crippen molar-refractivity contribution in [1.82, 2.24) is 0 Å². The lowest BCUT2D eigenvalue weighted by molar-refractivity contribution is -0.341. The summed E-state index contributed by atoms with van der Waals surface area (Å²) in [6.07, 6.45) is 60.7. The molecule has 354 valence electrons. The summed E-state index contributed by atoms with van der Waals surface area (Å²) >= 11 is 0. The van der Waals surface area contributed by atoms with Gasteiger partial charge in [0.2, 0.25) is 0 Å². The summed E-state index contributed by atoms with van der Waals surface area (Å²) in [5.74, 6) is 0. The van der Waals surface area contributed by atoms with Gasteiger partial charge in [0.25, 0.3) is 0 Å². The Balaban J connectivity index is -0.000000877. The third-order valence-corrected chi connectivity index (χ3v) is 23.0. The smallest absolute Gasteiger partial charge is 0.0596 e. The number of unbranched alkanes of at least 4 members (excludes halogenated alkanes) is 24. The summed E-state index contributed by atoms with van der Waals surface area (Å²) in [5.41, 5.74) is 0. The van der Waals surface area contributed by atoms with Crippen LogP contribution in [0.1, 0.15) is 274 Å².